The molecule has 2 N–H and O–H groups in total. The molecule has 0 saturated carbocycles. The van der Waals surface area contributed by atoms with Gasteiger partial charge in [-0.2, -0.15) is 0 Å². The molecule has 124 valence electrons. The molecule has 0 unspecified atom stereocenters. The number of quaternary nitrogens is 1. The quantitative estimate of drug-likeness (QED) is 0.907. The van der Waals surface area contributed by atoms with Gasteiger partial charge in [0.2, 0.25) is 0 Å². The molecular formula is C20H27ClNO+. The van der Waals surface area contributed by atoms with E-state index in [0.717, 1.165) is 13.0 Å². The number of rotatable bonds is 4. The third-order valence-corrected chi connectivity index (χ3v) is 4.87. The molecule has 1 aliphatic rings. The van der Waals surface area contributed by atoms with Gasteiger partial charge in [0.1, 0.15) is 12.1 Å². The Balaban J connectivity index is 0.00000192. The molecule has 0 aromatic heterocycles. The predicted molar refractivity (Wildman–Crippen MR) is 97.0 cm³/mol. The molecule has 23 heavy (non-hydrogen) atoms. The van der Waals surface area contributed by atoms with Crippen LogP contribution in [0.5, 0.6) is 0 Å². The summed E-state index contributed by atoms with van der Waals surface area (Å²) in [5.41, 5.74) is 5.40. The zero-order chi connectivity index (χ0) is 15.4. The molecule has 1 heterocycles. The average Bonchev–Trinajstić information content (AvgIpc) is 2.57. The van der Waals surface area contributed by atoms with Crippen molar-refractivity contribution in [2.24, 2.45) is 0 Å². The lowest BCUT2D eigenvalue weighted by Gasteiger charge is -2.30. The number of aryl methyl sites for hydroxylation is 1. The Kier molecular flexibility index (Phi) is 6.64. The molecule has 2 nitrogen and oxygen atoms in total. The van der Waals surface area contributed by atoms with Gasteiger partial charge in [0.15, 0.2) is 0 Å². The predicted octanol–water partition coefficient (Wildman–Crippen LogP) is 3.71. The molecule has 1 saturated heterocycles. The van der Waals surface area contributed by atoms with Gasteiger partial charge in [0.25, 0.3) is 0 Å². The Morgan fingerprint density at radius 2 is 1.83 bits per heavy atom. The number of hydrogen-bond acceptors (Lipinski definition) is 1. The smallest absolute Gasteiger partial charge is 0.138 e. The van der Waals surface area contributed by atoms with Crippen molar-refractivity contribution >= 4 is 12.4 Å². The molecule has 2 atom stereocenters. The second kappa shape index (κ2) is 8.49. The van der Waals surface area contributed by atoms with Crippen molar-refractivity contribution in [1.82, 2.24) is 0 Å². The van der Waals surface area contributed by atoms with Crippen LogP contribution in [-0.2, 0) is 11.3 Å². The lowest BCUT2D eigenvalue weighted by atomic mass is 9.94. The maximum Gasteiger partial charge on any atom is 0.138 e. The molecule has 0 amide bonds. The first kappa shape index (κ1) is 18.0. The minimum absolute atomic E-state index is 0. The highest BCUT2D eigenvalue weighted by Crippen LogP contribution is 2.23. The highest BCUT2D eigenvalue weighted by atomic mass is 35.5. The minimum Gasteiger partial charge on any atom is -0.367 e. The van der Waals surface area contributed by atoms with Gasteiger partial charge < -0.3 is 10.1 Å². The third kappa shape index (κ3) is 4.35. The van der Waals surface area contributed by atoms with Gasteiger partial charge in [-0.05, 0) is 43.4 Å². The van der Waals surface area contributed by atoms with E-state index in [4.69, 9.17) is 4.74 Å². The molecule has 1 aliphatic heterocycles. The summed E-state index contributed by atoms with van der Waals surface area (Å²) in [6.45, 7) is 6.27. The first-order valence-corrected chi connectivity index (χ1v) is 8.30. The van der Waals surface area contributed by atoms with Gasteiger partial charge in [-0.15, -0.1) is 12.4 Å². The Morgan fingerprint density at radius 1 is 1.04 bits per heavy atom. The first-order valence-electron chi connectivity index (χ1n) is 8.30. The number of hydrogen-bond donors (Lipinski definition) is 1. The van der Waals surface area contributed by atoms with Crippen molar-refractivity contribution in [2.75, 3.05) is 6.54 Å². The molecule has 2 aromatic carbocycles. The molecule has 3 heteroatoms. The lowest BCUT2D eigenvalue weighted by molar-refractivity contribution is -0.713. The van der Waals surface area contributed by atoms with E-state index in [-0.39, 0.29) is 12.4 Å². The van der Waals surface area contributed by atoms with Crippen LogP contribution in [0.25, 0.3) is 0 Å². The van der Waals surface area contributed by atoms with E-state index in [1.165, 1.54) is 35.2 Å². The molecule has 0 spiro atoms. The summed E-state index contributed by atoms with van der Waals surface area (Å²) < 4.78 is 6.34. The van der Waals surface area contributed by atoms with Crippen LogP contribution in [0, 0.1) is 13.8 Å². The van der Waals surface area contributed by atoms with Crippen molar-refractivity contribution in [3.05, 3.63) is 70.8 Å². The van der Waals surface area contributed by atoms with E-state index >= 15 is 0 Å². The first-order chi connectivity index (χ1) is 10.8. The number of halogens is 1. The van der Waals surface area contributed by atoms with Gasteiger partial charge in [-0.3, -0.25) is 0 Å². The highest BCUT2D eigenvalue weighted by Gasteiger charge is 2.30. The monoisotopic (exact) mass is 332 g/mol. The summed E-state index contributed by atoms with van der Waals surface area (Å²) in [7, 11) is 0. The normalized spacial score (nSPS) is 20.8. The molecule has 1 fully saturated rings. The van der Waals surface area contributed by atoms with E-state index in [1.54, 1.807) is 0 Å². The van der Waals surface area contributed by atoms with Crippen molar-refractivity contribution in [2.45, 2.75) is 45.4 Å². The van der Waals surface area contributed by atoms with Gasteiger partial charge in [0, 0.05) is 5.56 Å². The number of benzene rings is 2. The van der Waals surface area contributed by atoms with Crippen LogP contribution in [0.3, 0.4) is 0 Å². The van der Waals surface area contributed by atoms with E-state index in [9.17, 15) is 0 Å². The van der Waals surface area contributed by atoms with Gasteiger partial charge in [-0.1, -0.05) is 48.5 Å². The van der Waals surface area contributed by atoms with Gasteiger partial charge in [0.05, 0.1) is 13.2 Å². The summed E-state index contributed by atoms with van der Waals surface area (Å²) in [6, 6.07) is 17.7. The summed E-state index contributed by atoms with van der Waals surface area (Å²) in [5, 5.41) is 2.44. The number of ether oxygens (including phenoxy) is 1. The molecule has 2 aromatic rings. The fraction of sp³-hybridized carbons (Fsp3) is 0.400. The number of piperidine rings is 1. The van der Waals surface area contributed by atoms with Gasteiger partial charge in [-0.25, -0.2) is 0 Å². The van der Waals surface area contributed by atoms with Crippen LogP contribution >= 0.6 is 12.4 Å². The van der Waals surface area contributed by atoms with Crippen molar-refractivity contribution in [1.29, 1.82) is 0 Å². The van der Waals surface area contributed by atoms with Crippen LogP contribution in [0.2, 0.25) is 0 Å². The molecule has 0 radical (unpaired) electrons. The Hall–Kier alpha value is -1.35. The van der Waals surface area contributed by atoms with Crippen LogP contribution in [0.15, 0.2) is 48.5 Å². The molecule has 0 bridgehead atoms. The number of nitrogens with two attached hydrogens (primary N) is 1. The van der Waals surface area contributed by atoms with E-state index < -0.39 is 0 Å². The Labute approximate surface area is 145 Å². The van der Waals surface area contributed by atoms with Crippen LogP contribution in [0.4, 0.5) is 0 Å². The van der Waals surface area contributed by atoms with Crippen LogP contribution in [-0.4, -0.2) is 12.6 Å². The minimum atomic E-state index is 0. The summed E-state index contributed by atoms with van der Waals surface area (Å²) in [5.74, 6) is 0. The maximum atomic E-state index is 6.34. The van der Waals surface area contributed by atoms with Crippen LogP contribution in [0.1, 0.15) is 41.1 Å². The third-order valence-electron chi connectivity index (χ3n) is 4.87. The van der Waals surface area contributed by atoms with Crippen LogP contribution < -0.4 is 5.32 Å². The Morgan fingerprint density at radius 3 is 2.61 bits per heavy atom. The zero-order valence-corrected chi connectivity index (χ0v) is 14.8. The highest BCUT2D eigenvalue weighted by molar-refractivity contribution is 5.85. The van der Waals surface area contributed by atoms with E-state index in [0.29, 0.717) is 12.1 Å². The lowest BCUT2D eigenvalue weighted by Crippen LogP contribution is -2.89. The van der Waals surface area contributed by atoms with E-state index in [2.05, 4.69) is 67.7 Å². The summed E-state index contributed by atoms with van der Waals surface area (Å²) in [4.78, 5) is 0. The zero-order valence-electron chi connectivity index (χ0n) is 14.0. The van der Waals surface area contributed by atoms with Crippen molar-refractivity contribution in [3.63, 3.8) is 0 Å². The second-order valence-corrected chi connectivity index (χ2v) is 6.31. The van der Waals surface area contributed by atoms with Gasteiger partial charge >= 0.3 is 0 Å². The molecule has 3 rings (SSSR count). The largest absolute Gasteiger partial charge is 0.367 e. The Bertz CT molecular complexity index is 614. The molecular weight excluding hydrogens is 306 g/mol. The van der Waals surface area contributed by atoms with Crippen molar-refractivity contribution < 1.29 is 10.1 Å². The average molecular weight is 333 g/mol. The maximum absolute atomic E-state index is 6.34. The fourth-order valence-corrected chi connectivity index (χ4v) is 3.33. The SMILES string of the molecule is Cc1cccc(CO[C@H]2CCC[NH2+][C@H]2c2ccccc2)c1C.Cl. The summed E-state index contributed by atoms with van der Waals surface area (Å²) >= 11 is 0. The second-order valence-electron chi connectivity index (χ2n) is 6.31. The standard InChI is InChI=1S/C20H25NO.ClH/c1-15-8-6-11-18(16(15)2)14-22-19-12-7-13-21-20(19)17-9-4-3-5-10-17;/h3-6,8-11,19-21H,7,12-14H2,1-2H3;1H/p+1/t19-,20-;/m0./s1. The fourth-order valence-electron chi connectivity index (χ4n) is 3.33. The van der Waals surface area contributed by atoms with Crippen molar-refractivity contribution in [3.8, 4) is 0 Å². The summed E-state index contributed by atoms with van der Waals surface area (Å²) in [6.07, 6.45) is 2.69. The topological polar surface area (TPSA) is 25.8 Å². The van der Waals surface area contributed by atoms with E-state index in [1.807, 2.05) is 0 Å². The molecule has 0 aliphatic carbocycles.